The van der Waals surface area contributed by atoms with E-state index in [1.807, 2.05) is 25.1 Å². The summed E-state index contributed by atoms with van der Waals surface area (Å²) >= 11 is 0. The summed E-state index contributed by atoms with van der Waals surface area (Å²) < 4.78 is 29.0. The maximum Gasteiger partial charge on any atom is 0.323 e. The number of sulfonamides is 1. The second-order valence-corrected chi connectivity index (χ2v) is 13.0. The van der Waals surface area contributed by atoms with Crippen LogP contribution in [0.25, 0.3) is 10.8 Å². The van der Waals surface area contributed by atoms with Crippen LogP contribution in [0, 0.1) is 0 Å². The lowest BCUT2D eigenvalue weighted by atomic mass is 9.92. The summed E-state index contributed by atoms with van der Waals surface area (Å²) in [5.41, 5.74) is 3.28. The van der Waals surface area contributed by atoms with Crippen molar-refractivity contribution >= 4 is 44.2 Å². The second kappa shape index (κ2) is 12.7. The molecular formula is C32H37N7O4S. The fourth-order valence-electron chi connectivity index (χ4n) is 6.17. The number of carbonyl (C=O) groups is 1. The van der Waals surface area contributed by atoms with E-state index in [-0.39, 0.29) is 11.4 Å². The molecule has 0 radical (unpaired) electrons. The van der Waals surface area contributed by atoms with E-state index in [2.05, 4.69) is 42.4 Å². The highest BCUT2D eigenvalue weighted by Crippen LogP contribution is 2.33. The molecule has 1 unspecified atom stereocenters. The Morgan fingerprint density at radius 3 is 2.68 bits per heavy atom. The third-order valence-electron chi connectivity index (χ3n) is 8.51. The zero-order valence-corrected chi connectivity index (χ0v) is 25.5. The van der Waals surface area contributed by atoms with Crippen molar-refractivity contribution in [2.45, 2.75) is 55.9 Å². The molecule has 0 spiro atoms. The standard InChI is InChI=1S/C32H37N7O4S/c1-2-24-30(34-19-27(32(40)41)38-44(42,43)28-11-5-8-21-7-3-4-10-25(21)28)35-20-36-31(24)39-17-14-22(15-18-39)26-13-12-23-9-6-16-33-29(23)37-26/h3-5,7-8,10-13,20,22,27,38H,2,6,9,14-19H2,1H3,(H,33,37)(H,40,41)(H,34,35,36). The summed E-state index contributed by atoms with van der Waals surface area (Å²) in [5, 5.41) is 17.7. The third-order valence-corrected chi connectivity index (χ3v) is 10.0. The predicted molar refractivity (Wildman–Crippen MR) is 171 cm³/mol. The zero-order valence-electron chi connectivity index (χ0n) is 24.7. The Kier molecular flexibility index (Phi) is 8.62. The number of pyridine rings is 1. The lowest BCUT2D eigenvalue weighted by Crippen LogP contribution is -2.45. The number of anilines is 3. The molecule has 4 N–H and O–H groups in total. The average Bonchev–Trinajstić information content (AvgIpc) is 3.05. The molecule has 6 rings (SSSR count). The Morgan fingerprint density at radius 2 is 1.89 bits per heavy atom. The van der Waals surface area contributed by atoms with Crippen molar-refractivity contribution in [3.05, 3.63) is 77.7 Å². The van der Waals surface area contributed by atoms with Crippen LogP contribution in [0.15, 0.2) is 65.8 Å². The van der Waals surface area contributed by atoms with Crippen LogP contribution in [0.1, 0.15) is 48.9 Å². The van der Waals surface area contributed by atoms with Gasteiger partial charge in [0.15, 0.2) is 0 Å². The molecular weight excluding hydrogens is 578 g/mol. The molecule has 4 aromatic rings. The fraction of sp³-hybridized carbons (Fsp3) is 0.375. The molecule has 2 aliphatic heterocycles. The summed E-state index contributed by atoms with van der Waals surface area (Å²) in [5.74, 6) is 1.41. The number of carboxylic acids is 1. The van der Waals surface area contributed by atoms with Gasteiger partial charge in [-0.3, -0.25) is 4.79 Å². The third kappa shape index (κ3) is 6.18. The second-order valence-electron chi connectivity index (χ2n) is 11.3. The van der Waals surface area contributed by atoms with Crippen LogP contribution in [0.4, 0.5) is 17.5 Å². The van der Waals surface area contributed by atoms with E-state index in [0.717, 1.165) is 73.6 Å². The van der Waals surface area contributed by atoms with Gasteiger partial charge < -0.3 is 20.6 Å². The number of nitrogens with one attached hydrogen (secondary N) is 3. The number of aromatic nitrogens is 3. The van der Waals surface area contributed by atoms with Crippen LogP contribution >= 0.6 is 0 Å². The Hall–Kier alpha value is -4.29. The number of aryl methyl sites for hydroxylation is 1. The highest BCUT2D eigenvalue weighted by molar-refractivity contribution is 7.89. The summed E-state index contributed by atoms with van der Waals surface area (Å²) in [6.07, 6.45) is 6.18. The van der Waals surface area contributed by atoms with Gasteiger partial charge in [-0.25, -0.2) is 23.4 Å². The first-order valence-electron chi connectivity index (χ1n) is 15.1. The number of piperidine rings is 1. The molecule has 230 valence electrons. The Labute approximate surface area is 257 Å². The van der Waals surface area contributed by atoms with Gasteiger partial charge in [0, 0.05) is 48.7 Å². The Morgan fingerprint density at radius 1 is 1.09 bits per heavy atom. The number of hydrogen-bond donors (Lipinski definition) is 4. The van der Waals surface area contributed by atoms with Crippen LogP contribution in [0.2, 0.25) is 0 Å². The number of nitrogens with zero attached hydrogens (tertiary/aromatic N) is 4. The van der Waals surface area contributed by atoms with E-state index in [1.54, 1.807) is 18.2 Å². The van der Waals surface area contributed by atoms with Gasteiger partial charge in [0.2, 0.25) is 10.0 Å². The molecule has 11 nitrogen and oxygen atoms in total. The SMILES string of the molecule is CCc1c(NCC(NS(=O)(=O)c2cccc3ccccc23)C(=O)O)ncnc1N1CCC(c2ccc3c(n2)NCCC3)CC1. The van der Waals surface area contributed by atoms with Crippen LogP contribution in [0.5, 0.6) is 0 Å². The van der Waals surface area contributed by atoms with Gasteiger partial charge in [-0.05, 0) is 55.2 Å². The minimum atomic E-state index is -4.13. The normalized spacial score (nSPS) is 16.2. The minimum absolute atomic E-state index is 0.0330. The maximum absolute atomic E-state index is 13.3. The highest BCUT2D eigenvalue weighted by Gasteiger charge is 2.29. The fourth-order valence-corrected chi connectivity index (χ4v) is 7.59. The number of rotatable bonds is 10. The largest absolute Gasteiger partial charge is 0.480 e. The monoisotopic (exact) mass is 615 g/mol. The number of fused-ring (bicyclic) bond motifs is 2. The van der Waals surface area contributed by atoms with Gasteiger partial charge in [0.1, 0.15) is 29.8 Å². The summed E-state index contributed by atoms with van der Waals surface area (Å²) in [4.78, 5) is 28.4. The lowest BCUT2D eigenvalue weighted by molar-refractivity contribution is -0.138. The molecule has 0 amide bonds. The number of hydrogen-bond acceptors (Lipinski definition) is 9. The molecule has 2 aromatic carbocycles. The first kappa shape index (κ1) is 29.8. The van der Waals surface area contributed by atoms with Crippen LogP contribution < -0.4 is 20.3 Å². The number of aliphatic carboxylic acids is 1. The van der Waals surface area contributed by atoms with Gasteiger partial charge in [-0.15, -0.1) is 0 Å². The molecule has 4 heterocycles. The van der Waals surface area contributed by atoms with Crippen molar-refractivity contribution in [2.24, 2.45) is 0 Å². The van der Waals surface area contributed by atoms with E-state index in [4.69, 9.17) is 4.98 Å². The van der Waals surface area contributed by atoms with E-state index in [0.29, 0.717) is 23.5 Å². The molecule has 44 heavy (non-hydrogen) atoms. The van der Waals surface area contributed by atoms with Crippen molar-refractivity contribution in [1.29, 1.82) is 0 Å². The zero-order chi connectivity index (χ0) is 30.7. The van der Waals surface area contributed by atoms with Crippen LogP contribution in [-0.2, 0) is 27.7 Å². The molecule has 0 aliphatic carbocycles. The van der Waals surface area contributed by atoms with E-state index in [1.165, 1.54) is 18.0 Å². The van der Waals surface area contributed by atoms with Crippen molar-refractivity contribution in [3.8, 4) is 0 Å². The summed E-state index contributed by atoms with van der Waals surface area (Å²) in [6.45, 7) is 4.39. The summed E-state index contributed by atoms with van der Waals surface area (Å²) in [6, 6.07) is 15.0. The quantitative estimate of drug-likeness (QED) is 0.205. The van der Waals surface area contributed by atoms with Gasteiger partial charge in [0.05, 0.1) is 4.90 Å². The predicted octanol–water partition coefficient (Wildman–Crippen LogP) is 4.17. The van der Waals surface area contributed by atoms with Gasteiger partial charge in [-0.2, -0.15) is 4.72 Å². The minimum Gasteiger partial charge on any atom is -0.480 e. The van der Waals surface area contributed by atoms with Gasteiger partial charge in [0.25, 0.3) is 0 Å². The molecule has 1 saturated heterocycles. The van der Waals surface area contributed by atoms with Crippen molar-refractivity contribution < 1.29 is 18.3 Å². The maximum atomic E-state index is 13.3. The van der Waals surface area contributed by atoms with Crippen molar-refractivity contribution in [2.75, 3.05) is 41.7 Å². The Bertz CT molecular complexity index is 1770. The van der Waals surface area contributed by atoms with E-state index < -0.39 is 22.0 Å². The van der Waals surface area contributed by atoms with Crippen molar-refractivity contribution in [1.82, 2.24) is 19.7 Å². The molecule has 0 bridgehead atoms. The van der Waals surface area contributed by atoms with Crippen LogP contribution in [0.3, 0.4) is 0 Å². The molecule has 2 aromatic heterocycles. The smallest absolute Gasteiger partial charge is 0.323 e. The molecule has 2 aliphatic rings. The average molecular weight is 616 g/mol. The first-order valence-corrected chi connectivity index (χ1v) is 16.6. The first-order chi connectivity index (χ1) is 21.3. The van der Waals surface area contributed by atoms with E-state index in [9.17, 15) is 18.3 Å². The summed E-state index contributed by atoms with van der Waals surface area (Å²) in [7, 11) is -4.13. The van der Waals surface area contributed by atoms with Gasteiger partial charge >= 0.3 is 5.97 Å². The van der Waals surface area contributed by atoms with Gasteiger partial charge in [-0.1, -0.05) is 49.4 Å². The molecule has 12 heteroatoms. The number of carboxylic acid groups (broad SMARTS) is 1. The highest BCUT2D eigenvalue weighted by atomic mass is 32.2. The topological polar surface area (TPSA) is 149 Å². The number of benzene rings is 2. The molecule has 0 saturated carbocycles. The van der Waals surface area contributed by atoms with Crippen LogP contribution in [-0.4, -0.2) is 66.7 Å². The van der Waals surface area contributed by atoms with E-state index >= 15 is 0 Å². The lowest BCUT2D eigenvalue weighted by Gasteiger charge is -2.34. The van der Waals surface area contributed by atoms with Crippen molar-refractivity contribution in [3.63, 3.8) is 0 Å². The Balaban J connectivity index is 1.14. The molecule has 1 atom stereocenters. The molecule has 1 fully saturated rings.